The lowest BCUT2D eigenvalue weighted by molar-refractivity contribution is -0.137. The van der Waals surface area contributed by atoms with E-state index >= 15 is 0 Å². The van der Waals surface area contributed by atoms with E-state index < -0.39 is 27.1 Å². The number of nitrogens with one attached hydrogen (secondary N) is 1. The van der Waals surface area contributed by atoms with Crippen molar-refractivity contribution in [3.63, 3.8) is 0 Å². The Kier molecular flexibility index (Phi) is 4.62. The molecule has 130 valence electrons. The van der Waals surface area contributed by atoms with E-state index in [0.29, 0.717) is 38.8 Å². The molecule has 1 N–H and O–H groups in total. The second kappa shape index (κ2) is 6.55. The van der Waals surface area contributed by atoms with Crippen molar-refractivity contribution in [1.29, 1.82) is 0 Å². The highest BCUT2D eigenvalue weighted by atomic mass is 32.2. The van der Waals surface area contributed by atoms with E-state index in [1.54, 1.807) is 4.90 Å². The molecule has 1 aromatic rings. The monoisotopic (exact) mass is 350 g/mol. The Labute approximate surface area is 142 Å². The number of hydrogen-bond acceptors (Lipinski definition) is 4. The summed E-state index contributed by atoms with van der Waals surface area (Å²) in [6.07, 6.45) is 1.56. The zero-order valence-corrected chi connectivity index (χ0v) is 14.5. The Morgan fingerprint density at radius 3 is 2.46 bits per heavy atom. The first-order valence-corrected chi connectivity index (χ1v) is 9.85. The number of likely N-dealkylation sites (tertiary alicyclic amines) is 1. The van der Waals surface area contributed by atoms with Gasteiger partial charge in [-0.05, 0) is 37.3 Å². The highest BCUT2D eigenvalue weighted by molar-refractivity contribution is 7.90. The Bertz CT molecular complexity index is 735. The number of rotatable bonds is 4. The molecule has 1 saturated heterocycles. The van der Waals surface area contributed by atoms with Crippen LogP contribution in [0.25, 0.3) is 0 Å². The average Bonchev–Trinajstić information content (AvgIpc) is 3.00. The van der Waals surface area contributed by atoms with E-state index in [1.165, 1.54) is 0 Å². The first kappa shape index (κ1) is 17.0. The van der Waals surface area contributed by atoms with Crippen molar-refractivity contribution in [3.8, 4) is 0 Å². The Balaban J connectivity index is 1.65. The number of fused-ring (bicyclic) bond motifs is 1. The molecule has 1 aliphatic heterocycles. The van der Waals surface area contributed by atoms with Gasteiger partial charge in [0.1, 0.15) is 0 Å². The van der Waals surface area contributed by atoms with Gasteiger partial charge < -0.3 is 4.90 Å². The Morgan fingerprint density at radius 1 is 1.25 bits per heavy atom. The number of hydrogen-bond donors (Lipinski definition) is 1. The number of nitrogens with zero attached hydrogens (tertiary/aromatic N) is 1. The Hall–Kier alpha value is -1.89. The highest BCUT2D eigenvalue weighted by Gasteiger charge is 2.36. The van der Waals surface area contributed by atoms with Crippen LogP contribution in [0.4, 0.5) is 0 Å². The van der Waals surface area contributed by atoms with Gasteiger partial charge in [0, 0.05) is 19.5 Å². The van der Waals surface area contributed by atoms with E-state index in [-0.39, 0.29) is 5.91 Å². The third-order valence-corrected chi connectivity index (χ3v) is 6.64. The quantitative estimate of drug-likeness (QED) is 0.873. The first-order valence-electron chi connectivity index (χ1n) is 8.30. The van der Waals surface area contributed by atoms with Crippen LogP contribution in [0.1, 0.15) is 30.9 Å². The number of amides is 2. The van der Waals surface area contributed by atoms with Crippen LogP contribution in [0.5, 0.6) is 0 Å². The van der Waals surface area contributed by atoms with Crippen LogP contribution in [-0.4, -0.2) is 43.5 Å². The standard InChI is InChI=1S/C17H22N2O4S/c1-2-19-11-14(7-8-16(19)20)17(21)18-24(22,23)15-9-12-5-3-4-6-13(12)10-15/h3-6,14-15H,2,7-11H2,1H3,(H,18,21). The van der Waals surface area contributed by atoms with Crippen molar-refractivity contribution in [3.05, 3.63) is 35.4 Å². The zero-order valence-electron chi connectivity index (χ0n) is 13.7. The number of carbonyl (C=O) groups is 2. The SMILES string of the molecule is CCN1CC(C(=O)NS(=O)(=O)C2Cc3ccccc3C2)CCC1=O. The number of piperidine rings is 1. The number of sulfonamides is 1. The first-order chi connectivity index (χ1) is 11.4. The lowest BCUT2D eigenvalue weighted by Gasteiger charge is -2.31. The van der Waals surface area contributed by atoms with Gasteiger partial charge in [0.05, 0.1) is 11.2 Å². The molecule has 2 aliphatic rings. The summed E-state index contributed by atoms with van der Waals surface area (Å²) in [5.41, 5.74) is 2.06. The second-order valence-corrected chi connectivity index (χ2v) is 8.44. The van der Waals surface area contributed by atoms with Crippen molar-refractivity contribution in [2.45, 2.75) is 37.9 Å². The predicted molar refractivity (Wildman–Crippen MR) is 89.7 cm³/mol. The van der Waals surface area contributed by atoms with E-state index in [9.17, 15) is 18.0 Å². The molecule has 0 saturated carbocycles. The molecule has 7 heteroatoms. The maximum atomic E-state index is 12.6. The minimum absolute atomic E-state index is 0.0237. The maximum Gasteiger partial charge on any atom is 0.238 e. The van der Waals surface area contributed by atoms with Crippen molar-refractivity contribution < 1.29 is 18.0 Å². The molecule has 0 radical (unpaired) electrons. The largest absolute Gasteiger partial charge is 0.342 e. The highest BCUT2D eigenvalue weighted by Crippen LogP contribution is 2.26. The molecule has 6 nitrogen and oxygen atoms in total. The van der Waals surface area contributed by atoms with Crippen LogP contribution < -0.4 is 4.72 Å². The van der Waals surface area contributed by atoms with Gasteiger partial charge in [-0.2, -0.15) is 0 Å². The molecule has 0 aromatic heterocycles. The van der Waals surface area contributed by atoms with Gasteiger partial charge >= 0.3 is 0 Å². The predicted octanol–water partition coefficient (Wildman–Crippen LogP) is 0.858. The van der Waals surface area contributed by atoms with E-state index in [1.807, 2.05) is 31.2 Å². The Morgan fingerprint density at radius 2 is 1.88 bits per heavy atom. The summed E-state index contributed by atoms with van der Waals surface area (Å²) in [4.78, 5) is 25.7. The molecular weight excluding hydrogens is 328 g/mol. The molecule has 1 aromatic carbocycles. The van der Waals surface area contributed by atoms with Crippen LogP contribution in [0.3, 0.4) is 0 Å². The third-order valence-electron chi connectivity index (χ3n) is 4.95. The van der Waals surface area contributed by atoms with Crippen LogP contribution in [0.2, 0.25) is 0 Å². The molecule has 1 fully saturated rings. The molecular formula is C17H22N2O4S. The molecule has 3 rings (SSSR count). The summed E-state index contributed by atoms with van der Waals surface area (Å²) in [6.45, 7) is 2.68. The molecule has 1 unspecified atom stereocenters. The molecule has 0 bridgehead atoms. The normalized spacial score (nSPS) is 21.6. The van der Waals surface area contributed by atoms with E-state index in [2.05, 4.69) is 4.72 Å². The smallest absolute Gasteiger partial charge is 0.238 e. The van der Waals surface area contributed by atoms with Crippen LogP contribution in [0, 0.1) is 5.92 Å². The van der Waals surface area contributed by atoms with Crippen molar-refractivity contribution in [2.75, 3.05) is 13.1 Å². The topological polar surface area (TPSA) is 83.6 Å². The fourth-order valence-electron chi connectivity index (χ4n) is 3.48. The van der Waals surface area contributed by atoms with Crippen LogP contribution in [0.15, 0.2) is 24.3 Å². The molecule has 1 atom stereocenters. The summed E-state index contributed by atoms with van der Waals surface area (Å²) in [5.74, 6) is -0.922. The van der Waals surface area contributed by atoms with E-state index in [4.69, 9.17) is 0 Å². The van der Waals surface area contributed by atoms with Crippen molar-refractivity contribution in [1.82, 2.24) is 9.62 Å². The molecule has 1 aliphatic carbocycles. The van der Waals surface area contributed by atoms with Crippen molar-refractivity contribution >= 4 is 21.8 Å². The summed E-state index contributed by atoms with van der Waals surface area (Å²) >= 11 is 0. The van der Waals surface area contributed by atoms with Crippen LogP contribution in [-0.2, 0) is 32.5 Å². The lowest BCUT2D eigenvalue weighted by atomic mass is 9.97. The summed E-state index contributed by atoms with van der Waals surface area (Å²) in [6, 6.07) is 7.65. The van der Waals surface area contributed by atoms with Gasteiger partial charge in [-0.25, -0.2) is 8.42 Å². The minimum Gasteiger partial charge on any atom is -0.342 e. The molecule has 0 spiro atoms. The molecule has 24 heavy (non-hydrogen) atoms. The summed E-state index contributed by atoms with van der Waals surface area (Å²) in [7, 11) is -3.72. The van der Waals surface area contributed by atoms with Gasteiger partial charge in [0.2, 0.25) is 21.8 Å². The third kappa shape index (κ3) is 3.31. The maximum absolute atomic E-state index is 12.6. The molecule has 2 amide bonds. The number of carbonyl (C=O) groups excluding carboxylic acids is 2. The zero-order chi connectivity index (χ0) is 17.3. The lowest BCUT2D eigenvalue weighted by Crippen LogP contribution is -2.48. The van der Waals surface area contributed by atoms with E-state index in [0.717, 1.165) is 11.1 Å². The van der Waals surface area contributed by atoms with Gasteiger partial charge in [-0.1, -0.05) is 24.3 Å². The van der Waals surface area contributed by atoms with Crippen LogP contribution >= 0.6 is 0 Å². The second-order valence-electron chi connectivity index (χ2n) is 6.48. The fourth-order valence-corrected chi connectivity index (χ4v) is 4.89. The minimum atomic E-state index is -3.72. The van der Waals surface area contributed by atoms with Gasteiger partial charge in [-0.3, -0.25) is 14.3 Å². The van der Waals surface area contributed by atoms with Gasteiger partial charge in [-0.15, -0.1) is 0 Å². The summed E-state index contributed by atoms with van der Waals surface area (Å²) in [5, 5.41) is -0.605. The average molecular weight is 350 g/mol. The summed E-state index contributed by atoms with van der Waals surface area (Å²) < 4.78 is 27.4. The fraction of sp³-hybridized carbons (Fsp3) is 0.529. The number of benzene rings is 1. The van der Waals surface area contributed by atoms with Crippen molar-refractivity contribution in [2.24, 2.45) is 5.92 Å². The van der Waals surface area contributed by atoms with Gasteiger partial charge in [0.25, 0.3) is 0 Å². The molecule has 1 heterocycles. The van der Waals surface area contributed by atoms with Gasteiger partial charge in [0.15, 0.2) is 0 Å².